The Balaban J connectivity index is 1.57. The van der Waals surface area contributed by atoms with E-state index in [0.29, 0.717) is 6.54 Å². The van der Waals surface area contributed by atoms with Crippen molar-refractivity contribution in [1.82, 2.24) is 10.2 Å². The van der Waals surface area contributed by atoms with Gasteiger partial charge in [-0.3, -0.25) is 4.90 Å². The molecule has 2 aromatic rings. The zero-order valence-corrected chi connectivity index (χ0v) is 13.8. The van der Waals surface area contributed by atoms with Crippen molar-refractivity contribution >= 4 is 23.1 Å². The van der Waals surface area contributed by atoms with Crippen LogP contribution in [0, 0.1) is 0 Å². The Kier molecular flexibility index (Phi) is 5.63. The summed E-state index contributed by atoms with van der Waals surface area (Å²) in [5, 5.41) is 7.86. The van der Waals surface area contributed by atoms with Crippen molar-refractivity contribution < 1.29 is 9.53 Å². The van der Waals surface area contributed by atoms with E-state index in [9.17, 15) is 4.79 Å². The van der Waals surface area contributed by atoms with E-state index in [4.69, 9.17) is 4.74 Å². The first kappa shape index (κ1) is 16.0. The topological polar surface area (TPSA) is 53.6 Å². The van der Waals surface area contributed by atoms with Crippen molar-refractivity contribution in [1.29, 1.82) is 0 Å². The summed E-state index contributed by atoms with van der Waals surface area (Å²) in [7, 11) is 0. The minimum atomic E-state index is -0.173. The van der Waals surface area contributed by atoms with Crippen LogP contribution >= 0.6 is 11.3 Å². The van der Waals surface area contributed by atoms with Gasteiger partial charge in [0.2, 0.25) is 0 Å². The van der Waals surface area contributed by atoms with Gasteiger partial charge in [-0.25, -0.2) is 4.79 Å². The molecular formula is C17H21N3O2S. The summed E-state index contributed by atoms with van der Waals surface area (Å²) in [6.07, 6.45) is 0. The number of amides is 2. The lowest BCUT2D eigenvalue weighted by Crippen LogP contribution is -2.36. The van der Waals surface area contributed by atoms with Crippen LogP contribution in [0.4, 0.5) is 10.5 Å². The molecule has 3 rings (SSSR count). The number of carbonyl (C=O) groups excluding carboxylic acids is 1. The summed E-state index contributed by atoms with van der Waals surface area (Å²) < 4.78 is 5.38. The summed E-state index contributed by atoms with van der Waals surface area (Å²) in [6, 6.07) is 11.8. The molecule has 0 saturated carbocycles. The fourth-order valence-corrected chi connectivity index (χ4v) is 3.17. The number of rotatable bonds is 5. The maximum absolute atomic E-state index is 12.1. The second kappa shape index (κ2) is 8.10. The second-order valence-corrected chi connectivity index (χ2v) is 6.46. The van der Waals surface area contributed by atoms with Crippen LogP contribution < -0.4 is 10.6 Å². The van der Waals surface area contributed by atoms with E-state index in [1.165, 1.54) is 0 Å². The van der Waals surface area contributed by atoms with Crippen LogP contribution in [0.15, 0.2) is 41.8 Å². The molecule has 2 N–H and O–H groups in total. The average Bonchev–Trinajstić information content (AvgIpc) is 3.09. The molecule has 1 aromatic heterocycles. The largest absolute Gasteiger partial charge is 0.379 e. The lowest BCUT2D eigenvalue weighted by Gasteiger charge is -2.27. The van der Waals surface area contributed by atoms with Crippen LogP contribution in [-0.4, -0.2) is 37.2 Å². The molecule has 0 bridgehead atoms. The number of carbonyl (C=O) groups is 1. The predicted octanol–water partition coefficient (Wildman–Crippen LogP) is 2.90. The third-order valence-corrected chi connectivity index (χ3v) is 4.64. The molecule has 5 nitrogen and oxygen atoms in total. The Morgan fingerprint density at radius 2 is 2.00 bits per heavy atom. The number of ether oxygens (including phenoxy) is 1. The van der Waals surface area contributed by atoms with E-state index in [0.717, 1.165) is 49.0 Å². The first-order chi connectivity index (χ1) is 11.3. The number of morpholine rings is 1. The van der Waals surface area contributed by atoms with Gasteiger partial charge in [-0.2, -0.15) is 0 Å². The van der Waals surface area contributed by atoms with Gasteiger partial charge in [0.15, 0.2) is 0 Å². The summed E-state index contributed by atoms with van der Waals surface area (Å²) >= 11 is 1.64. The summed E-state index contributed by atoms with van der Waals surface area (Å²) in [5.74, 6) is 0. The van der Waals surface area contributed by atoms with Crippen molar-refractivity contribution in [3.05, 3.63) is 52.2 Å². The number of benzene rings is 1. The highest BCUT2D eigenvalue weighted by molar-refractivity contribution is 7.09. The van der Waals surface area contributed by atoms with Crippen molar-refractivity contribution in [2.45, 2.75) is 13.1 Å². The summed E-state index contributed by atoms with van der Waals surface area (Å²) in [5.41, 5.74) is 1.99. The lowest BCUT2D eigenvalue weighted by molar-refractivity contribution is 0.0343. The number of thiophene rings is 1. The quantitative estimate of drug-likeness (QED) is 0.886. The Hall–Kier alpha value is -1.89. The van der Waals surface area contributed by atoms with Gasteiger partial charge in [-0.15, -0.1) is 11.3 Å². The molecular weight excluding hydrogens is 310 g/mol. The third-order valence-electron chi connectivity index (χ3n) is 3.77. The minimum absolute atomic E-state index is 0.173. The van der Waals surface area contributed by atoms with E-state index >= 15 is 0 Å². The van der Waals surface area contributed by atoms with Gasteiger partial charge in [0, 0.05) is 30.2 Å². The molecule has 1 aliphatic heterocycles. The van der Waals surface area contributed by atoms with Gasteiger partial charge in [-0.1, -0.05) is 24.3 Å². The number of nitrogens with zero attached hydrogens (tertiary/aromatic N) is 1. The highest BCUT2D eigenvalue weighted by atomic mass is 32.1. The Morgan fingerprint density at radius 1 is 1.17 bits per heavy atom. The molecule has 2 heterocycles. The number of anilines is 1. The molecule has 1 aliphatic rings. The number of nitrogens with one attached hydrogen (secondary N) is 2. The SMILES string of the molecule is O=C(NCc1cccs1)Nc1ccccc1CN1CCOCC1. The smallest absolute Gasteiger partial charge is 0.319 e. The Labute approximate surface area is 140 Å². The molecule has 2 amide bonds. The van der Waals surface area contributed by atoms with E-state index in [1.807, 2.05) is 35.7 Å². The highest BCUT2D eigenvalue weighted by Gasteiger charge is 2.13. The highest BCUT2D eigenvalue weighted by Crippen LogP contribution is 2.18. The number of para-hydroxylation sites is 1. The monoisotopic (exact) mass is 331 g/mol. The van der Waals surface area contributed by atoms with Gasteiger partial charge in [-0.05, 0) is 23.1 Å². The fourth-order valence-electron chi connectivity index (χ4n) is 2.53. The minimum Gasteiger partial charge on any atom is -0.379 e. The fraction of sp³-hybridized carbons (Fsp3) is 0.353. The molecule has 0 spiro atoms. The summed E-state index contributed by atoms with van der Waals surface area (Å²) in [6.45, 7) is 4.78. The van der Waals surface area contributed by atoms with Gasteiger partial charge in [0.1, 0.15) is 0 Å². The lowest BCUT2D eigenvalue weighted by atomic mass is 10.1. The molecule has 122 valence electrons. The zero-order valence-electron chi connectivity index (χ0n) is 13.0. The van der Waals surface area contributed by atoms with Gasteiger partial charge in [0.25, 0.3) is 0 Å². The van der Waals surface area contributed by atoms with Crippen molar-refractivity contribution in [3.63, 3.8) is 0 Å². The zero-order chi connectivity index (χ0) is 15.9. The molecule has 0 unspecified atom stereocenters. The average molecular weight is 331 g/mol. The molecule has 0 radical (unpaired) electrons. The molecule has 23 heavy (non-hydrogen) atoms. The van der Waals surface area contributed by atoms with Crippen molar-refractivity contribution in [2.75, 3.05) is 31.6 Å². The standard InChI is InChI=1S/C17H21N3O2S/c21-17(18-12-15-5-3-11-23-15)19-16-6-2-1-4-14(16)13-20-7-9-22-10-8-20/h1-6,11H,7-10,12-13H2,(H2,18,19,21). The van der Waals surface area contributed by atoms with E-state index in [-0.39, 0.29) is 6.03 Å². The van der Waals surface area contributed by atoms with Crippen LogP contribution in [-0.2, 0) is 17.8 Å². The van der Waals surface area contributed by atoms with Crippen molar-refractivity contribution in [3.8, 4) is 0 Å². The maximum Gasteiger partial charge on any atom is 0.319 e. The number of urea groups is 1. The number of hydrogen-bond acceptors (Lipinski definition) is 4. The van der Waals surface area contributed by atoms with Crippen LogP contribution in [0.5, 0.6) is 0 Å². The Morgan fingerprint density at radius 3 is 2.78 bits per heavy atom. The Bertz CT molecular complexity index is 625. The molecule has 1 saturated heterocycles. The predicted molar refractivity (Wildman–Crippen MR) is 92.7 cm³/mol. The van der Waals surface area contributed by atoms with Crippen LogP contribution in [0.2, 0.25) is 0 Å². The number of hydrogen-bond donors (Lipinski definition) is 2. The molecule has 0 aliphatic carbocycles. The van der Waals surface area contributed by atoms with E-state index in [2.05, 4.69) is 21.6 Å². The van der Waals surface area contributed by atoms with Crippen LogP contribution in [0.3, 0.4) is 0 Å². The van der Waals surface area contributed by atoms with Gasteiger partial charge in [0.05, 0.1) is 19.8 Å². The molecule has 1 fully saturated rings. The first-order valence-electron chi connectivity index (χ1n) is 7.76. The van der Waals surface area contributed by atoms with Crippen LogP contribution in [0.25, 0.3) is 0 Å². The van der Waals surface area contributed by atoms with Crippen molar-refractivity contribution in [2.24, 2.45) is 0 Å². The second-order valence-electron chi connectivity index (χ2n) is 5.43. The van der Waals surface area contributed by atoms with Gasteiger partial charge < -0.3 is 15.4 Å². The van der Waals surface area contributed by atoms with E-state index in [1.54, 1.807) is 11.3 Å². The van der Waals surface area contributed by atoms with E-state index < -0.39 is 0 Å². The molecule has 0 atom stereocenters. The third kappa shape index (κ3) is 4.79. The normalized spacial score (nSPS) is 15.3. The maximum atomic E-state index is 12.1. The van der Waals surface area contributed by atoms with Gasteiger partial charge >= 0.3 is 6.03 Å². The molecule has 6 heteroatoms. The first-order valence-corrected chi connectivity index (χ1v) is 8.64. The molecule has 1 aromatic carbocycles. The summed E-state index contributed by atoms with van der Waals surface area (Å²) in [4.78, 5) is 15.6. The van der Waals surface area contributed by atoms with Crippen LogP contribution in [0.1, 0.15) is 10.4 Å².